The topological polar surface area (TPSA) is 61.4 Å². The van der Waals surface area contributed by atoms with E-state index in [9.17, 15) is 9.59 Å². The van der Waals surface area contributed by atoms with Gasteiger partial charge >= 0.3 is 0 Å². The van der Waals surface area contributed by atoms with E-state index in [1.165, 1.54) is 16.7 Å². The van der Waals surface area contributed by atoms with Crippen LogP contribution in [0.15, 0.2) is 18.2 Å². The van der Waals surface area contributed by atoms with Gasteiger partial charge in [0.1, 0.15) is 0 Å². The van der Waals surface area contributed by atoms with Gasteiger partial charge in [0.05, 0.1) is 11.5 Å². The molecule has 6 heteroatoms. The maximum Gasteiger partial charge on any atom is 0.237 e. The standard InChI is InChI=1S/C23H33N3O2.ClH/c1-16-11-17(2)13-19(12-16)23(7-8-23)22(28)26-10-4-5-18(15-26)14-25-21(27)20-6-3-9-24-20;/h11-13,18,20,24H,3-10,14-15H2,1-2H3,(H,25,27);1H. The van der Waals surface area contributed by atoms with Crippen molar-refractivity contribution in [2.24, 2.45) is 5.92 Å². The zero-order valence-electron chi connectivity index (χ0n) is 17.6. The van der Waals surface area contributed by atoms with E-state index < -0.39 is 0 Å². The highest BCUT2D eigenvalue weighted by atomic mass is 35.5. The molecule has 2 heterocycles. The van der Waals surface area contributed by atoms with Crippen molar-refractivity contribution >= 4 is 24.2 Å². The Kier molecular flexibility index (Phi) is 6.90. The van der Waals surface area contributed by atoms with Crippen LogP contribution in [0, 0.1) is 19.8 Å². The van der Waals surface area contributed by atoms with E-state index in [4.69, 9.17) is 0 Å². The van der Waals surface area contributed by atoms with E-state index in [1.807, 2.05) is 0 Å². The van der Waals surface area contributed by atoms with Gasteiger partial charge in [0.2, 0.25) is 11.8 Å². The fourth-order valence-electron chi connectivity index (χ4n) is 5.00. The summed E-state index contributed by atoms with van der Waals surface area (Å²) in [7, 11) is 0. The molecule has 5 nitrogen and oxygen atoms in total. The van der Waals surface area contributed by atoms with Crippen LogP contribution in [0.25, 0.3) is 0 Å². The van der Waals surface area contributed by atoms with E-state index >= 15 is 0 Å². The Morgan fingerprint density at radius 3 is 2.48 bits per heavy atom. The Hall–Kier alpha value is -1.59. The lowest BCUT2D eigenvalue weighted by Gasteiger charge is -2.35. The molecule has 0 bridgehead atoms. The number of amides is 2. The summed E-state index contributed by atoms with van der Waals surface area (Å²) in [6, 6.07) is 6.52. The first-order chi connectivity index (χ1) is 13.5. The monoisotopic (exact) mass is 419 g/mol. The number of likely N-dealkylation sites (tertiary alicyclic amines) is 1. The van der Waals surface area contributed by atoms with Crippen LogP contribution < -0.4 is 10.6 Å². The van der Waals surface area contributed by atoms with Crippen LogP contribution in [-0.2, 0) is 15.0 Å². The summed E-state index contributed by atoms with van der Waals surface area (Å²) in [4.78, 5) is 27.8. The summed E-state index contributed by atoms with van der Waals surface area (Å²) < 4.78 is 0. The van der Waals surface area contributed by atoms with Gasteiger partial charge < -0.3 is 15.5 Å². The van der Waals surface area contributed by atoms with E-state index in [0.29, 0.717) is 18.4 Å². The van der Waals surface area contributed by atoms with Crippen molar-refractivity contribution in [2.75, 3.05) is 26.2 Å². The molecule has 3 aliphatic rings. The van der Waals surface area contributed by atoms with Gasteiger partial charge in [-0.25, -0.2) is 0 Å². The highest BCUT2D eigenvalue weighted by molar-refractivity contribution is 5.91. The number of nitrogens with one attached hydrogen (secondary N) is 2. The highest BCUT2D eigenvalue weighted by Crippen LogP contribution is 2.50. The van der Waals surface area contributed by atoms with Crippen LogP contribution in [0.5, 0.6) is 0 Å². The molecular formula is C23H34ClN3O2. The Morgan fingerprint density at radius 1 is 1.14 bits per heavy atom. The maximum atomic E-state index is 13.4. The van der Waals surface area contributed by atoms with Crippen LogP contribution in [0.2, 0.25) is 0 Å². The normalized spacial score (nSPS) is 25.2. The summed E-state index contributed by atoms with van der Waals surface area (Å²) in [5.74, 6) is 0.777. The number of hydrogen-bond donors (Lipinski definition) is 2. The second kappa shape index (κ2) is 9.05. The molecule has 3 fully saturated rings. The number of rotatable bonds is 5. The fraction of sp³-hybridized carbons (Fsp3) is 0.652. The second-order valence-corrected chi connectivity index (χ2v) is 9.11. The Labute approximate surface area is 180 Å². The first-order valence-electron chi connectivity index (χ1n) is 10.9. The maximum absolute atomic E-state index is 13.4. The molecule has 1 saturated carbocycles. The molecule has 4 rings (SSSR count). The second-order valence-electron chi connectivity index (χ2n) is 9.11. The molecule has 1 aliphatic carbocycles. The van der Waals surface area contributed by atoms with Gasteiger partial charge in [-0.2, -0.15) is 0 Å². The molecule has 2 atom stereocenters. The molecular weight excluding hydrogens is 386 g/mol. The predicted molar refractivity (Wildman–Crippen MR) is 117 cm³/mol. The third-order valence-corrected chi connectivity index (χ3v) is 6.68. The smallest absolute Gasteiger partial charge is 0.237 e. The molecule has 0 radical (unpaired) electrons. The van der Waals surface area contributed by atoms with Crippen molar-refractivity contribution in [3.63, 3.8) is 0 Å². The van der Waals surface area contributed by atoms with E-state index in [0.717, 1.165) is 58.2 Å². The minimum absolute atomic E-state index is 0. The van der Waals surface area contributed by atoms with Crippen molar-refractivity contribution in [3.8, 4) is 0 Å². The summed E-state index contributed by atoms with van der Waals surface area (Å²) in [6.07, 6.45) is 6.03. The number of carbonyl (C=O) groups excluding carboxylic acids is 2. The first kappa shape index (κ1) is 22.1. The first-order valence-corrected chi connectivity index (χ1v) is 10.9. The van der Waals surface area contributed by atoms with E-state index in [2.05, 4.69) is 47.6 Å². The number of aryl methyl sites for hydroxylation is 2. The third-order valence-electron chi connectivity index (χ3n) is 6.68. The van der Waals surface area contributed by atoms with Crippen molar-refractivity contribution in [2.45, 2.75) is 63.8 Å². The molecule has 160 valence electrons. The molecule has 29 heavy (non-hydrogen) atoms. The summed E-state index contributed by atoms with van der Waals surface area (Å²) in [6.45, 7) is 7.44. The lowest BCUT2D eigenvalue weighted by Crippen LogP contribution is -2.49. The number of nitrogens with zero attached hydrogens (tertiary/aromatic N) is 1. The Bertz CT molecular complexity index is 736. The van der Waals surface area contributed by atoms with Crippen LogP contribution in [-0.4, -0.2) is 48.9 Å². The number of halogens is 1. The largest absolute Gasteiger partial charge is 0.354 e. The highest BCUT2D eigenvalue weighted by Gasteiger charge is 2.53. The zero-order valence-corrected chi connectivity index (χ0v) is 18.4. The number of hydrogen-bond acceptors (Lipinski definition) is 3. The van der Waals surface area contributed by atoms with Crippen LogP contribution in [0.1, 0.15) is 55.2 Å². The molecule has 2 aliphatic heterocycles. The third kappa shape index (κ3) is 4.77. The average molecular weight is 420 g/mol. The molecule has 2 N–H and O–H groups in total. The van der Waals surface area contributed by atoms with Crippen molar-refractivity contribution in [1.29, 1.82) is 0 Å². The summed E-state index contributed by atoms with van der Waals surface area (Å²) in [5.41, 5.74) is 3.36. The molecule has 0 aromatic heterocycles. The molecule has 2 amide bonds. The lowest BCUT2D eigenvalue weighted by atomic mass is 9.89. The number of benzene rings is 1. The molecule has 0 spiro atoms. The Balaban J connectivity index is 0.00000240. The molecule has 1 aromatic carbocycles. The predicted octanol–water partition coefficient (Wildman–Crippen LogP) is 2.86. The van der Waals surface area contributed by atoms with Gasteiger partial charge in [-0.1, -0.05) is 29.3 Å². The summed E-state index contributed by atoms with van der Waals surface area (Å²) in [5, 5.41) is 6.37. The fourth-order valence-corrected chi connectivity index (χ4v) is 5.00. The van der Waals surface area contributed by atoms with Crippen LogP contribution in [0.3, 0.4) is 0 Å². The van der Waals surface area contributed by atoms with E-state index in [1.54, 1.807) is 0 Å². The van der Waals surface area contributed by atoms with E-state index in [-0.39, 0.29) is 29.8 Å². The van der Waals surface area contributed by atoms with Gasteiger partial charge in [0.25, 0.3) is 0 Å². The van der Waals surface area contributed by atoms with Gasteiger partial charge in [0, 0.05) is 19.6 Å². The average Bonchev–Trinajstić information content (AvgIpc) is 3.31. The van der Waals surface area contributed by atoms with Gasteiger partial charge in [-0.05, 0) is 70.4 Å². The molecule has 2 unspecified atom stereocenters. The SMILES string of the molecule is Cc1cc(C)cc(C2(C(=O)N3CCCC(CNC(=O)C4CCCN4)C3)CC2)c1.Cl. The van der Waals surface area contributed by atoms with Gasteiger partial charge in [-0.15, -0.1) is 12.4 Å². The van der Waals surface area contributed by atoms with Gasteiger partial charge in [-0.3, -0.25) is 9.59 Å². The van der Waals surface area contributed by atoms with Crippen molar-refractivity contribution < 1.29 is 9.59 Å². The van der Waals surface area contributed by atoms with Gasteiger partial charge in [0.15, 0.2) is 0 Å². The zero-order chi connectivity index (χ0) is 19.7. The minimum Gasteiger partial charge on any atom is -0.354 e. The Morgan fingerprint density at radius 2 is 1.86 bits per heavy atom. The summed E-state index contributed by atoms with van der Waals surface area (Å²) >= 11 is 0. The quantitative estimate of drug-likeness (QED) is 0.771. The molecule has 2 saturated heterocycles. The lowest BCUT2D eigenvalue weighted by molar-refractivity contribution is -0.135. The number of piperidine rings is 1. The number of carbonyl (C=O) groups is 2. The van der Waals surface area contributed by atoms with Crippen LogP contribution in [0.4, 0.5) is 0 Å². The van der Waals surface area contributed by atoms with Crippen molar-refractivity contribution in [1.82, 2.24) is 15.5 Å². The van der Waals surface area contributed by atoms with Crippen LogP contribution >= 0.6 is 12.4 Å². The van der Waals surface area contributed by atoms with Crippen molar-refractivity contribution in [3.05, 3.63) is 34.9 Å². The molecule has 1 aromatic rings. The minimum atomic E-state index is -0.296.